The Morgan fingerprint density at radius 1 is 1.33 bits per heavy atom. The summed E-state index contributed by atoms with van der Waals surface area (Å²) in [5.41, 5.74) is 0.833. The first-order valence-corrected chi connectivity index (χ1v) is 9.82. The Balaban J connectivity index is 1.39. The zero-order chi connectivity index (χ0) is 16.3. The molecular weight excluding hydrogens is 390 g/mol. The van der Waals surface area contributed by atoms with Gasteiger partial charge in [0.15, 0.2) is 15.6 Å². The highest BCUT2D eigenvalue weighted by Gasteiger charge is 2.52. The van der Waals surface area contributed by atoms with Gasteiger partial charge in [0, 0.05) is 13.6 Å². The Hall–Kier alpha value is -1.32. The Labute approximate surface area is 152 Å². The van der Waals surface area contributed by atoms with Gasteiger partial charge in [-0.05, 0) is 47.8 Å². The molecule has 7 nitrogen and oxygen atoms in total. The fourth-order valence-electron chi connectivity index (χ4n) is 4.31. The van der Waals surface area contributed by atoms with Crippen LogP contribution in [0.3, 0.4) is 0 Å². The molecule has 1 atom stereocenters. The van der Waals surface area contributed by atoms with Crippen LogP contribution in [0.5, 0.6) is 0 Å². The van der Waals surface area contributed by atoms with Crippen LogP contribution in [0.1, 0.15) is 12.8 Å². The third kappa shape index (κ3) is 2.18. The largest absolute Gasteiger partial charge is 0.337 e. The second-order valence-corrected chi connectivity index (χ2v) is 8.61. The number of piperidine rings is 3. The molecule has 0 aromatic carbocycles. The lowest BCUT2D eigenvalue weighted by molar-refractivity contribution is -0.0199. The van der Waals surface area contributed by atoms with E-state index in [1.54, 1.807) is 6.20 Å². The molecule has 2 bridgehead atoms. The summed E-state index contributed by atoms with van der Waals surface area (Å²) < 4.78 is 0.728. The van der Waals surface area contributed by atoms with Gasteiger partial charge in [-0.15, -0.1) is 0 Å². The standard InChI is InChI=1S/C15H18BrN7S/c1-22-13(18-7-15(22)8-23-4-2-9(15)3-5-23)21-14-20-11-12(24-14)19-10(16)6-17-11/h6,9H,2-5,7-8H2,1H3,(H,17,18,20,21). The summed E-state index contributed by atoms with van der Waals surface area (Å²) >= 11 is 4.86. The molecule has 4 aliphatic heterocycles. The van der Waals surface area contributed by atoms with E-state index in [0.717, 1.165) is 39.5 Å². The number of hydrogen-bond donors (Lipinski definition) is 1. The SMILES string of the molecule is CN1C(Nc2nc3ncc(Br)nc3s2)=NCC12CN1CCC2CC1. The molecule has 1 unspecified atom stereocenters. The zero-order valence-corrected chi connectivity index (χ0v) is 15.8. The summed E-state index contributed by atoms with van der Waals surface area (Å²) in [6.07, 6.45) is 4.25. The number of halogens is 1. The molecule has 6 heterocycles. The molecule has 9 heteroatoms. The third-order valence-corrected chi connectivity index (χ3v) is 6.88. The van der Waals surface area contributed by atoms with E-state index in [0.29, 0.717) is 5.65 Å². The number of nitrogens with one attached hydrogen (secondary N) is 1. The monoisotopic (exact) mass is 407 g/mol. The van der Waals surface area contributed by atoms with Gasteiger partial charge in [0.05, 0.1) is 18.3 Å². The van der Waals surface area contributed by atoms with E-state index in [4.69, 9.17) is 4.99 Å². The van der Waals surface area contributed by atoms with Crippen LogP contribution in [0.15, 0.2) is 15.8 Å². The van der Waals surface area contributed by atoms with Crippen LogP contribution in [0.25, 0.3) is 10.5 Å². The van der Waals surface area contributed by atoms with Gasteiger partial charge in [0.25, 0.3) is 0 Å². The van der Waals surface area contributed by atoms with Crippen molar-refractivity contribution in [2.75, 3.05) is 38.5 Å². The van der Waals surface area contributed by atoms with Crippen molar-refractivity contribution < 1.29 is 0 Å². The molecule has 0 saturated carbocycles. The van der Waals surface area contributed by atoms with E-state index in [1.165, 1.54) is 37.3 Å². The second kappa shape index (κ2) is 5.34. The van der Waals surface area contributed by atoms with Crippen molar-refractivity contribution in [3.8, 4) is 0 Å². The lowest BCUT2D eigenvalue weighted by atomic mass is 9.72. The van der Waals surface area contributed by atoms with Crippen LogP contribution in [0.4, 0.5) is 5.13 Å². The number of fused-ring (bicyclic) bond motifs is 3. The van der Waals surface area contributed by atoms with Crippen LogP contribution in [0.2, 0.25) is 0 Å². The number of nitrogens with zero attached hydrogens (tertiary/aromatic N) is 6. The van der Waals surface area contributed by atoms with Crippen LogP contribution in [0, 0.1) is 5.92 Å². The maximum Gasteiger partial charge on any atom is 0.200 e. The minimum Gasteiger partial charge on any atom is -0.337 e. The molecule has 2 aromatic rings. The highest BCUT2D eigenvalue weighted by Crippen LogP contribution is 2.42. The van der Waals surface area contributed by atoms with Crippen molar-refractivity contribution in [1.82, 2.24) is 24.8 Å². The second-order valence-electron chi connectivity index (χ2n) is 6.82. The fourth-order valence-corrected chi connectivity index (χ4v) is 5.50. The molecule has 1 spiro atoms. The van der Waals surface area contributed by atoms with Gasteiger partial charge in [0.2, 0.25) is 5.96 Å². The third-order valence-electron chi connectivity index (χ3n) is 5.65. The maximum atomic E-state index is 4.82. The van der Waals surface area contributed by atoms with Gasteiger partial charge >= 0.3 is 0 Å². The van der Waals surface area contributed by atoms with Gasteiger partial charge in [-0.2, -0.15) is 4.98 Å². The molecule has 2 aromatic heterocycles. The van der Waals surface area contributed by atoms with Crippen LogP contribution in [-0.2, 0) is 0 Å². The Kier molecular flexibility index (Phi) is 3.33. The Morgan fingerprint density at radius 2 is 2.17 bits per heavy atom. The fraction of sp³-hybridized carbons (Fsp3) is 0.600. The number of aromatic nitrogens is 3. The number of aliphatic imine (C=N–C) groups is 1. The van der Waals surface area contributed by atoms with Crippen molar-refractivity contribution >= 4 is 48.8 Å². The molecule has 0 amide bonds. The van der Waals surface area contributed by atoms with Crippen molar-refractivity contribution in [2.45, 2.75) is 18.4 Å². The molecule has 4 aliphatic rings. The number of anilines is 1. The van der Waals surface area contributed by atoms with E-state index in [1.807, 2.05) is 0 Å². The summed E-state index contributed by atoms with van der Waals surface area (Å²) in [6, 6.07) is 0. The summed E-state index contributed by atoms with van der Waals surface area (Å²) in [7, 11) is 2.17. The van der Waals surface area contributed by atoms with E-state index < -0.39 is 0 Å². The summed E-state index contributed by atoms with van der Waals surface area (Å²) in [6.45, 7) is 4.49. The summed E-state index contributed by atoms with van der Waals surface area (Å²) in [4.78, 5) is 23.8. The quantitative estimate of drug-likeness (QED) is 0.779. The van der Waals surface area contributed by atoms with Crippen LogP contribution in [-0.4, -0.2) is 69.5 Å². The molecule has 0 radical (unpaired) electrons. The normalized spacial score (nSPS) is 31.9. The molecule has 24 heavy (non-hydrogen) atoms. The van der Waals surface area contributed by atoms with Crippen molar-refractivity contribution in [3.05, 3.63) is 10.8 Å². The molecular formula is C15H18BrN7S. The number of rotatable bonds is 1. The highest BCUT2D eigenvalue weighted by atomic mass is 79.9. The van der Waals surface area contributed by atoms with E-state index in [2.05, 4.69) is 53.0 Å². The first-order valence-electron chi connectivity index (χ1n) is 8.21. The minimum absolute atomic E-state index is 0.162. The van der Waals surface area contributed by atoms with Crippen LogP contribution >= 0.6 is 27.3 Å². The maximum absolute atomic E-state index is 4.82. The van der Waals surface area contributed by atoms with Crippen molar-refractivity contribution in [1.29, 1.82) is 0 Å². The lowest BCUT2D eigenvalue weighted by Crippen LogP contribution is -2.66. The van der Waals surface area contributed by atoms with Crippen molar-refractivity contribution in [3.63, 3.8) is 0 Å². The summed E-state index contributed by atoms with van der Waals surface area (Å²) in [5, 5.41) is 4.20. The molecule has 3 saturated heterocycles. The molecule has 3 fully saturated rings. The average Bonchev–Trinajstić information content (AvgIpc) is 3.12. The van der Waals surface area contributed by atoms with E-state index in [-0.39, 0.29) is 5.54 Å². The lowest BCUT2D eigenvalue weighted by Gasteiger charge is -2.54. The predicted octanol–water partition coefficient (Wildman–Crippen LogP) is 2.03. The molecule has 126 valence electrons. The smallest absolute Gasteiger partial charge is 0.200 e. The van der Waals surface area contributed by atoms with Crippen molar-refractivity contribution in [2.24, 2.45) is 10.9 Å². The topological polar surface area (TPSA) is 69.5 Å². The van der Waals surface area contributed by atoms with E-state index >= 15 is 0 Å². The van der Waals surface area contributed by atoms with Gasteiger partial charge in [0.1, 0.15) is 4.60 Å². The Bertz CT molecular complexity index is 828. The first-order chi connectivity index (χ1) is 11.6. The van der Waals surface area contributed by atoms with Gasteiger partial charge in [-0.25, -0.2) is 9.97 Å². The molecule has 1 N–H and O–H groups in total. The number of guanidine groups is 1. The van der Waals surface area contributed by atoms with Gasteiger partial charge in [-0.1, -0.05) is 11.3 Å². The van der Waals surface area contributed by atoms with Crippen LogP contribution < -0.4 is 5.32 Å². The van der Waals surface area contributed by atoms with Gasteiger partial charge in [-0.3, -0.25) is 4.99 Å². The highest BCUT2D eigenvalue weighted by molar-refractivity contribution is 9.10. The predicted molar refractivity (Wildman–Crippen MR) is 98.5 cm³/mol. The Morgan fingerprint density at radius 3 is 2.92 bits per heavy atom. The summed E-state index contributed by atoms with van der Waals surface area (Å²) in [5.74, 6) is 1.66. The average molecular weight is 408 g/mol. The number of hydrogen-bond acceptors (Lipinski definition) is 8. The van der Waals surface area contributed by atoms with Gasteiger partial charge < -0.3 is 15.1 Å². The minimum atomic E-state index is 0.162. The number of thiazole rings is 1. The van der Waals surface area contributed by atoms with E-state index in [9.17, 15) is 0 Å². The number of likely N-dealkylation sites (N-methyl/N-ethyl adjacent to an activating group) is 1. The first kappa shape index (κ1) is 15.0. The molecule has 0 aliphatic carbocycles. The molecule has 6 rings (SSSR count). The zero-order valence-electron chi connectivity index (χ0n) is 13.4.